The summed E-state index contributed by atoms with van der Waals surface area (Å²) in [6.07, 6.45) is 1.07. The van der Waals surface area contributed by atoms with Crippen LogP contribution >= 0.6 is 0 Å². The Kier molecular flexibility index (Phi) is 3.19. The van der Waals surface area contributed by atoms with Gasteiger partial charge in [-0.1, -0.05) is 0 Å². The molecule has 0 aromatic carbocycles. The molecule has 1 atom stereocenters. The van der Waals surface area contributed by atoms with Crippen LogP contribution in [-0.2, 0) is 4.74 Å². The zero-order valence-corrected chi connectivity index (χ0v) is 11.8. The van der Waals surface area contributed by atoms with E-state index in [0.717, 1.165) is 12.8 Å². The number of aryl methyl sites for hydroxylation is 1. The third-order valence-corrected chi connectivity index (χ3v) is 3.92. The second-order valence-corrected chi connectivity index (χ2v) is 5.67. The number of hydrogen-bond donors (Lipinski definition) is 2. The highest BCUT2D eigenvalue weighted by atomic mass is 16.6. The quantitative estimate of drug-likeness (QED) is 0.783. The van der Waals surface area contributed by atoms with Gasteiger partial charge in [0.05, 0.1) is 13.1 Å². The molecule has 2 amide bonds. The molecule has 112 valence electrons. The lowest BCUT2D eigenvalue weighted by Crippen LogP contribution is -2.52. The van der Waals surface area contributed by atoms with Crippen molar-refractivity contribution >= 4 is 12.0 Å². The van der Waals surface area contributed by atoms with Gasteiger partial charge < -0.3 is 19.9 Å². The molecule has 1 aromatic heterocycles. The molecule has 0 saturated carbocycles. The lowest BCUT2D eigenvalue weighted by atomic mass is 9.92. The van der Waals surface area contributed by atoms with Crippen LogP contribution in [-0.4, -0.2) is 47.1 Å². The molecule has 2 aliphatic rings. The van der Waals surface area contributed by atoms with E-state index in [1.54, 1.807) is 17.9 Å². The van der Waals surface area contributed by atoms with Gasteiger partial charge >= 0.3 is 6.09 Å². The first-order valence-electron chi connectivity index (χ1n) is 6.95. The maximum absolute atomic E-state index is 12.5. The molecule has 2 aliphatic heterocycles. The van der Waals surface area contributed by atoms with Crippen molar-refractivity contribution in [3.8, 4) is 0 Å². The fourth-order valence-corrected chi connectivity index (χ4v) is 2.99. The first-order valence-corrected chi connectivity index (χ1v) is 6.95. The van der Waals surface area contributed by atoms with E-state index in [9.17, 15) is 14.4 Å². The summed E-state index contributed by atoms with van der Waals surface area (Å²) in [5.41, 5.74) is 0.0949. The molecule has 2 saturated heterocycles. The summed E-state index contributed by atoms with van der Waals surface area (Å²) in [6.45, 7) is 3.11. The number of carbonyl (C=O) groups excluding carboxylic acids is 2. The van der Waals surface area contributed by atoms with E-state index < -0.39 is 11.7 Å². The van der Waals surface area contributed by atoms with Crippen molar-refractivity contribution in [2.45, 2.75) is 25.4 Å². The van der Waals surface area contributed by atoms with Crippen molar-refractivity contribution < 1.29 is 14.3 Å². The van der Waals surface area contributed by atoms with Crippen LogP contribution in [0.5, 0.6) is 0 Å². The number of alkyl carbamates (subject to hydrolysis) is 1. The average molecular weight is 291 g/mol. The van der Waals surface area contributed by atoms with Gasteiger partial charge in [0.2, 0.25) is 5.56 Å². The third kappa shape index (κ3) is 2.63. The Balaban J connectivity index is 1.81. The van der Waals surface area contributed by atoms with Crippen molar-refractivity contribution in [3.63, 3.8) is 0 Å². The molecule has 7 heteroatoms. The molecule has 7 nitrogen and oxygen atoms in total. The zero-order chi connectivity index (χ0) is 15.0. The largest absolute Gasteiger partial charge is 0.439 e. The standard InChI is InChI=1S/C14H17N3O4/c1-9-5-10(6-11(18)16-9)12(19)17-4-2-3-14(8-17)7-15-13(20)21-14/h5-6H,2-4,7-8H2,1H3,(H,15,20)(H,16,18)/t14-/m1/s1. The highest BCUT2D eigenvalue weighted by Crippen LogP contribution is 2.28. The number of hydrogen-bond acceptors (Lipinski definition) is 4. The maximum Gasteiger partial charge on any atom is 0.407 e. The van der Waals surface area contributed by atoms with E-state index in [0.29, 0.717) is 30.9 Å². The Hall–Kier alpha value is -2.31. The van der Waals surface area contributed by atoms with E-state index in [-0.39, 0.29) is 11.5 Å². The molecule has 0 aliphatic carbocycles. The molecular weight excluding hydrogens is 274 g/mol. The summed E-state index contributed by atoms with van der Waals surface area (Å²) >= 11 is 0. The minimum absolute atomic E-state index is 0.203. The number of piperidine rings is 1. The van der Waals surface area contributed by atoms with Crippen LogP contribution in [0.15, 0.2) is 16.9 Å². The van der Waals surface area contributed by atoms with Crippen LogP contribution in [0, 0.1) is 6.92 Å². The fourth-order valence-electron chi connectivity index (χ4n) is 2.99. The Morgan fingerprint density at radius 2 is 2.19 bits per heavy atom. The summed E-state index contributed by atoms with van der Waals surface area (Å²) in [7, 11) is 0. The number of ether oxygens (including phenoxy) is 1. The minimum Gasteiger partial charge on any atom is -0.439 e. The van der Waals surface area contributed by atoms with Crippen LogP contribution in [0.25, 0.3) is 0 Å². The van der Waals surface area contributed by atoms with Crippen LogP contribution < -0.4 is 10.9 Å². The maximum atomic E-state index is 12.5. The lowest BCUT2D eigenvalue weighted by molar-refractivity contribution is -0.00504. The van der Waals surface area contributed by atoms with Crippen LogP contribution in [0.3, 0.4) is 0 Å². The van der Waals surface area contributed by atoms with E-state index in [2.05, 4.69) is 10.3 Å². The van der Waals surface area contributed by atoms with Gasteiger partial charge in [0.1, 0.15) is 5.60 Å². The summed E-state index contributed by atoms with van der Waals surface area (Å²) in [6, 6.07) is 2.96. The van der Waals surface area contributed by atoms with Gasteiger partial charge in [-0.25, -0.2) is 4.79 Å². The monoisotopic (exact) mass is 291 g/mol. The fraction of sp³-hybridized carbons (Fsp3) is 0.500. The SMILES string of the molecule is Cc1cc(C(=O)N2CCC[C@@]3(CNC(=O)O3)C2)cc(=O)[nH]1. The number of aromatic amines is 1. The van der Waals surface area contributed by atoms with Gasteiger partial charge in [0.15, 0.2) is 0 Å². The molecule has 21 heavy (non-hydrogen) atoms. The average Bonchev–Trinajstić information content (AvgIpc) is 2.77. The summed E-state index contributed by atoms with van der Waals surface area (Å²) < 4.78 is 5.34. The van der Waals surface area contributed by atoms with E-state index in [1.165, 1.54) is 6.07 Å². The highest BCUT2D eigenvalue weighted by Gasteiger charge is 2.44. The third-order valence-electron chi connectivity index (χ3n) is 3.92. The number of carbonyl (C=O) groups is 2. The Labute approximate surface area is 121 Å². The number of aromatic nitrogens is 1. The van der Waals surface area contributed by atoms with E-state index >= 15 is 0 Å². The van der Waals surface area contributed by atoms with Crippen molar-refractivity contribution in [1.82, 2.24) is 15.2 Å². The van der Waals surface area contributed by atoms with Crippen molar-refractivity contribution in [3.05, 3.63) is 33.7 Å². The molecule has 2 fully saturated rings. The molecule has 2 N–H and O–H groups in total. The second-order valence-electron chi connectivity index (χ2n) is 5.67. The number of H-pyrrole nitrogens is 1. The van der Waals surface area contributed by atoms with Gasteiger partial charge in [-0.05, 0) is 25.8 Å². The molecule has 0 radical (unpaired) electrons. The lowest BCUT2D eigenvalue weighted by Gasteiger charge is -2.38. The highest BCUT2D eigenvalue weighted by molar-refractivity contribution is 5.94. The first kappa shape index (κ1) is 13.7. The Morgan fingerprint density at radius 1 is 1.38 bits per heavy atom. The van der Waals surface area contributed by atoms with Crippen molar-refractivity contribution in [2.24, 2.45) is 0 Å². The predicted molar refractivity (Wildman–Crippen MR) is 74.2 cm³/mol. The Morgan fingerprint density at radius 3 is 2.86 bits per heavy atom. The number of pyridine rings is 1. The normalized spacial score (nSPS) is 24.8. The molecule has 1 aromatic rings. The summed E-state index contributed by atoms with van der Waals surface area (Å²) in [5, 5.41) is 2.64. The van der Waals surface area contributed by atoms with E-state index in [1.807, 2.05) is 0 Å². The van der Waals surface area contributed by atoms with Gasteiger partial charge in [-0.15, -0.1) is 0 Å². The second kappa shape index (κ2) is 4.91. The smallest absolute Gasteiger partial charge is 0.407 e. The number of amides is 2. The predicted octanol–water partition coefficient (Wildman–Crippen LogP) is 0.398. The zero-order valence-electron chi connectivity index (χ0n) is 11.8. The molecular formula is C14H17N3O4. The number of rotatable bonds is 1. The van der Waals surface area contributed by atoms with Crippen LogP contribution in [0.2, 0.25) is 0 Å². The van der Waals surface area contributed by atoms with Gasteiger partial charge in [0.25, 0.3) is 5.91 Å². The molecule has 3 heterocycles. The molecule has 0 bridgehead atoms. The van der Waals surface area contributed by atoms with Gasteiger partial charge in [0, 0.05) is 23.9 Å². The van der Waals surface area contributed by atoms with Crippen molar-refractivity contribution in [2.75, 3.05) is 19.6 Å². The topological polar surface area (TPSA) is 91.5 Å². The summed E-state index contributed by atoms with van der Waals surface area (Å²) in [5.74, 6) is -0.203. The minimum atomic E-state index is -0.624. The number of nitrogens with one attached hydrogen (secondary N) is 2. The van der Waals surface area contributed by atoms with Gasteiger partial charge in [-0.2, -0.15) is 0 Å². The molecule has 1 spiro atoms. The van der Waals surface area contributed by atoms with E-state index in [4.69, 9.17) is 4.74 Å². The van der Waals surface area contributed by atoms with Crippen LogP contribution in [0.4, 0.5) is 4.79 Å². The van der Waals surface area contributed by atoms with Crippen molar-refractivity contribution in [1.29, 1.82) is 0 Å². The Bertz CT molecular complexity index is 654. The molecule has 3 rings (SSSR count). The molecule has 0 unspecified atom stereocenters. The number of nitrogens with zero attached hydrogens (tertiary/aromatic N) is 1. The number of likely N-dealkylation sites (tertiary alicyclic amines) is 1. The first-order chi connectivity index (χ1) is 9.97. The van der Waals surface area contributed by atoms with Gasteiger partial charge in [-0.3, -0.25) is 9.59 Å². The van der Waals surface area contributed by atoms with Crippen LogP contribution in [0.1, 0.15) is 28.9 Å². The summed E-state index contributed by atoms with van der Waals surface area (Å²) in [4.78, 5) is 39.6.